The topological polar surface area (TPSA) is 91.2 Å². The summed E-state index contributed by atoms with van der Waals surface area (Å²) in [6.07, 6.45) is 0. The van der Waals surface area contributed by atoms with Gasteiger partial charge in [0.15, 0.2) is 0 Å². The van der Waals surface area contributed by atoms with Crippen molar-refractivity contribution in [2.75, 3.05) is 17.7 Å². The van der Waals surface area contributed by atoms with Crippen LogP contribution in [0.25, 0.3) is 0 Å². The SMILES string of the molecule is COc1ccc(C)cc1NC(=O)c1ccc(C(=O)Nc2ccc(C#N)cc2)cc1. The monoisotopic (exact) mass is 385 g/mol. The van der Waals surface area contributed by atoms with Crippen LogP contribution in [0.5, 0.6) is 5.75 Å². The highest BCUT2D eigenvalue weighted by Gasteiger charge is 2.12. The highest BCUT2D eigenvalue weighted by molar-refractivity contribution is 6.07. The van der Waals surface area contributed by atoms with E-state index in [0.717, 1.165) is 5.56 Å². The molecule has 0 aliphatic rings. The smallest absolute Gasteiger partial charge is 0.255 e. The number of nitrogens with zero attached hydrogens (tertiary/aromatic N) is 1. The predicted molar refractivity (Wildman–Crippen MR) is 111 cm³/mol. The first-order valence-electron chi connectivity index (χ1n) is 8.87. The van der Waals surface area contributed by atoms with E-state index < -0.39 is 0 Å². The number of benzene rings is 3. The molecule has 0 aliphatic carbocycles. The maximum Gasteiger partial charge on any atom is 0.255 e. The summed E-state index contributed by atoms with van der Waals surface area (Å²) in [6.45, 7) is 1.93. The van der Waals surface area contributed by atoms with E-state index in [0.29, 0.717) is 33.8 Å². The molecule has 0 bridgehead atoms. The molecule has 29 heavy (non-hydrogen) atoms. The van der Waals surface area contributed by atoms with Crippen molar-refractivity contribution in [1.82, 2.24) is 0 Å². The zero-order chi connectivity index (χ0) is 20.8. The molecule has 0 radical (unpaired) electrons. The number of ether oxygens (including phenoxy) is 1. The van der Waals surface area contributed by atoms with Crippen LogP contribution >= 0.6 is 0 Å². The second-order valence-corrected chi connectivity index (χ2v) is 6.38. The molecule has 0 unspecified atom stereocenters. The number of rotatable bonds is 5. The number of carbonyl (C=O) groups is 2. The zero-order valence-electron chi connectivity index (χ0n) is 16.0. The molecule has 3 rings (SSSR count). The number of amides is 2. The number of methoxy groups -OCH3 is 1. The van der Waals surface area contributed by atoms with Crippen molar-refractivity contribution in [1.29, 1.82) is 5.26 Å². The minimum Gasteiger partial charge on any atom is -0.495 e. The number of aryl methyl sites for hydroxylation is 1. The summed E-state index contributed by atoms with van der Waals surface area (Å²) in [5.41, 5.74) is 3.52. The molecule has 0 heterocycles. The van der Waals surface area contributed by atoms with E-state index in [1.165, 1.54) is 0 Å². The Morgan fingerprint density at radius 3 is 2.00 bits per heavy atom. The van der Waals surface area contributed by atoms with Gasteiger partial charge in [-0.1, -0.05) is 6.07 Å². The van der Waals surface area contributed by atoms with Crippen molar-refractivity contribution >= 4 is 23.2 Å². The Labute approximate surface area is 168 Å². The van der Waals surface area contributed by atoms with Gasteiger partial charge in [-0.3, -0.25) is 9.59 Å². The lowest BCUT2D eigenvalue weighted by Gasteiger charge is -2.11. The summed E-state index contributed by atoms with van der Waals surface area (Å²) in [5, 5.41) is 14.4. The number of nitrogens with one attached hydrogen (secondary N) is 2. The third kappa shape index (κ3) is 4.79. The second kappa shape index (κ2) is 8.72. The molecule has 6 nitrogen and oxygen atoms in total. The predicted octanol–water partition coefficient (Wildman–Crippen LogP) is 4.38. The molecule has 2 amide bonds. The normalized spacial score (nSPS) is 9.97. The fourth-order valence-electron chi connectivity index (χ4n) is 2.72. The van der Waals surface area contributed by atoms with E-state index in [-0.39, 0.29) is 11.8 Å². The number of hydrogen-bond donors (Lipinski definition) is 2. The molecule has 0 atom stereocenters. The lowest BCUT2D eigenvalue weighted by molar-refractivity contribution is 0.101. The summed E-state index contributed by atoms with van der Waals surface area (Å²) in [5.74, 6) is -0.0302. The van der Waals surface area contributed by atoms with Gasteiger partial charge in [-0.2, -0.15) is 5.26 Å². The molecule has 0 saturated heterocycles. The van der Waals surface area contributed by atoms with Crippen LogP contribution < -0.4 is 15.4 Å². The van der Waals surface area contributed by atoms with Crippen LogP contribution in [0.3, 0.4) is 0 Å². The Hall–Kier alpha value is -4.11. The fourth-order valence-corrected chi connectivity index (χ4v) is 2.72. The first kappa shape index (κ1) is 19.6. The maximum atomic E-state index is 12.5. The lowest BCUT2D eigenvalue weighted by Crippen LogP contribution is -2.14. The summed E-state index contributed by atoms with van der Waals surface area (Å²) < 4.78 is 5.27. The zero-order valence-corrected chi connectivity index (χ0v) is 16.0. The highest BCUT2D eigenvalue weighted by atomic mass is 16.5. The van der Waals surface area contributed by atoms with Gasteiger partial charge in [0.25, 0.3) is 11.8 Å². The molecule has 3 aromatic carbocycles. The van der Waals surface area contributed by atoms with Crippen LogP contribution in [0, 0.1) is 18.3 Å². The molecule has 0 fully saturated rings. The number of anilines is 2. The number of carbonyl (C=O) groups excluding carboxylic acids is 2. The third-order valence-corrected chi connectivity index (χ3v) is 4.28. The van der Waals surface area contributed by atoms with E-state index in [9.17, 15) is 9.59 Å². The highest BCUT2D eigenvalue weighted by Crippen LogP contribution is 2.25. The van der Waals surface area contributed by atoms with Crippen molar-refractivity contribution in [3.05, 3.63) is 89.0 Å². The van der Waals surface area contributed by atoms with Gasteiger partial charge in [0, 0.05) is 16.8 Å². The van der Waals surface area contributed by atoms with Crippen molar-refractivity contribution in [3.8, 4) is 11.8 Å². The van der Waals surface area contributed by atoms with E-state index >= 15 is 0 Å². The van der Waals surface area contributed by atoms with Crippen molar-refractivity contribution in [2.24, 2.45) is 0 Å². The first-order chi connectivity index (χ1) is 14.0. The average molecular weight is 385 g/mol. The van der Waals surface area contributed by atoms with Crippen molar-refractivity contribution in [3.63, 3.8) is 0 Å². The fraction of sp³-hybridized carbons (Fsp3) is 0.0870. The minimum atomic E-state index is -0.304. The molecule has 0 aromatic heterocycles. The minimum absolute atomic E-state index is 0.298. The molecule has 3 aromatic rings. The maximum absolute atomic E-state index is 12.5. The Morgan fingerprint density at radius 1 is 0.862 bits per heavy atom. The Kier molecular flexibility index (Phi) is 5.91. The summed E-state index contributed by atoms with van der Waals surface area (Å²) in [4.78, 5) is 24.9. The van der Waals surface area contributed by atoms with Crippen LogP contribution in [0.1, 0.15) is 31.8 Å². The van der Waals surface area contributed by atoms with Gasteiger partial charge in [0.2, 0.25) is 0 Å². The second-order valence-electron chi connectivity index (χ2n) is 6.38. The largest absolute Gasteiger partial charge is 0.495 e. The van der Waals surface area contributed by atoms with E-state index in [1.807, 2.05) is 25.1 Å². The van der Waals surface area contributed by atoms with Crippen LogP contribution in [-0.2, 0) is 0 Å². The van der Waals surface area contributed by atoms with Gasteiger partial charge >= 0.3 is 0 Å². The molecule has 0 saturated carbocycles. The summed E-state index contributed by atoms with van der Waals surface area (Å²) >= 11 is 0. The molecule has 0 spiro atoms. The quantitative estimate of drug-likeness (QED) is 0.682. The van der Waals surface area contributed by atoms with Gasteiger partial charge in [-0.15, -0.1) is 0 Å². The Balaban J connectivity index is 1.69. The van der Waals surface area contributed by atoms with Crippen LogP contribution in [0.4, 0.5) is 11.4 Å². The van der Waals surface area contributed by atoms with Gasteiger partial charge in [-0.25, -0.2) is 0 Å². The molecule has 2 N–H and O–H groups in total. The van der Waals surface area contributed by atoms with Crippen LogP contribution in [0.15, 0.2) is 66.7 Å². The summed E-state index contributed by atoms with van der Waals surface area (Å²) in [7, 11) is 1.54. The van der Waals surface area contributed by atoms with Crippen molar-refractivity contribution < 1.29 is 14.3 Å². The Bertz CT molecular complexity index is 1080. The van der Waals surface area contributed by atoms with E-state index in [1.54, 1.807) is 61.7 Å². The third-order valence-electron chi connectivity index (χ3n) is 4.28. The van der Waals surface area contributed by atoms with Gasteiger partial charge in [0.05, 0.1) is 24.4 Å². The van der Waals surface area contributed by atoms with Crippen LogP contribution in [0.2, 0.25) is 0 Å². The first-order valence-corrected chi connectivity index (χ1v) is 8.87. The van der Waals surface area contributed by atoms with E-state index in [4.69, 9.17) is 10.00 Å². The van der Waals surface area contributed by atoms with Gasteiger partial charge in [0.1, 0.15) is 5.75 Å². The number of hydrogen-bond acceptors (Lipinski definition) is 4. The molecule has 144 valence electrons. The van der Waals surface area contributed by atoms with Crippen LogP contribution in [-0.4, -0.2) is 18.9 Å². The molecule has 6 heteroatoms. The average Bonchev–Trinajstić information content (AvgIpc) is 2.74. The number of nitriles is 1. The molecule has 0 aliphatic heterocycles. The molecular weight excluding hydrogens is 366 g/mol. The van der Waals surface area contributed by atoms with E-state index in [2.05, 4.69) is 10.6 Å². The van der Waals surface area contributed by atoms with Gasteiger partial charge in [-0.05, 0) is 73.2 Å². The Morgan fingerprint density at radius 2 is 1.45 bits per heavy atom. The molecular formula is C23H19N3O3. The summed E-state index contributed by atoms with van der Waals surface area (Å²) in [6, 6.07) is 20.5. The standard InChI is InChI=1S/C23H19N3O3/c1-15-3-12-21(29-2)20(13-15)26-23(28)18-8-6-17(7-9-18)22(27)25-19-10-4-16(14-24)5-11-19/h3-13H,1-2H3,(H,25,27)(H,26,28). The lowest BCUT2D eigenvalue weighted by atomic mass is 10.1. The van der Waals surface area contributed by atoms with Crippen molar-refractivity contribution in [2.45, 2.75) is 6.92 Å². The van der Waals surface area contributed by atoms with Gasteiger partial charge < -0.3 is 15.4 Å².